The molecule has 1 N–H and O–H groups in total. The first-order valence-electron chi connectivity index (χ1n) is 7.28. The third-order valence-electron chi connectivity index (χ3n) is 3.66. The van der Waals surface area contributed by atoms with Gasteiger partial charge < -0.3 is 9.84 Å². The Morgan fingerprint density at radius 2 is 1.91 bits per heavy atom. The molecule has 0 saturated heterocycles. The molecule has 2 aromatic carbocycles. The van der Waals surface area contributed by atoms with Crippen molar-refractivity contribution < 1.29 is 19.4 Å². The average molecular weight is 300 g/mol. The van der Waals surface area contributed by atoms with Gasteiger partial charge in [0, 0.05) is 18.7 Å². The van der Waals surface area contributed by atoms with Crippen LogP contribution >= 0.6 is 0 Å². The maximum atomic E-state index is 12.3. The van der Waals surface area contributed by atoms with Crippen molar-refractivity contribution in [3.05, 3.63) is 41.5 Å². The van der Waals surface area contributed by atoms with Gasteiger partial charge in [-0.25, -0.2) is 0 Å². The van der Waals surface area contributed by atoms with E-state index < -0.39 is 0 Å². The zero-order valence-corrected chi connectivity index (χ0v) is 13.1. The molecule has 2 aromatic rings. The lowest BCUT2D eigenvalue weighted by Gasteiger charge is -2.12. The number of fused-ring (bicyclic) bond motifs is 1. The summed E-state index contributed by atoms with van der Waals surface area (Å²) in [6, 6.07) is 9.13. The number of hydrogen-bond donors (Lipinski definition) is 1. The van der Waals surface area contributed by atoms with Gasteiger partial charge in [-0.1, -0.05) is 31.2 Å². The Morgan fingerprint density at radius 3 is 2.59 bits per heavy atom. The Balaban J connectivity index is 2.22. The van der Waals surface area contributed by atoms with Gasteiger partial charge in [0.1, 0.15) is 5.75 Å². The number of benzene rings is 2. The van der Waals surface area contributed by atoms with E-state index in [1.165, 1.54) is 6.92 Å². The van der Waals surface area contributed by atoms with Crippen LogP contribution in [-0.2, 0) is 9.53 Å². The maximum Gasteiger partial charge on any atom is 0.302 e. The van der Waals surface area contributed by atoms with Crippen LogP contribution in [0.4, 0.5) is 0 Å². The van der Waals surface area contributed by atoms with Gasteiger partial charge in [0.25, 0.3) is 0 Å². The van der Waals surface area contributed by atoms with Crippen LogP contribution in [0.15, 0.2) is 30.3 Å². The number of rotatable bonds is 5. The van der Waals surface area contributed by atoms with E-state index in [2.05, 4.69) is 0 Å². The molecule has 0 heterocycles. The van der Waals surface area contributed by atoms with Crippen molar-refractivity contribution in [1.82, 2.24) is 0 Å². The van der Waals surface area contributed by atoms with Crippen molar-refractivity contribution in [2.75, 3.05) is 6.61 Å². The Labute approximate surface area is 129 Å². The van der Waals surface area contributed by atoms with Gasteiger partial charge in [0.05, 0.1) is 12.2 Å². The second-order valence-electron chi connectivity index (χ2n) is 5.67. The summed E-state index contributed by atoms with van der Waals surface area (Å²) in [5, 5.41) is 12.0. The van der Waals surface area contributed by atoms with Gasteiger partial charge in [-0.3, -0.25) is 9.59 Å². The highest BCUT2D eigenvalue weighted by Crippen LogP contribution is 2.31. The maximum absolute atomic E-state index is 12.3. The van der Waals surface area contributed by atoms with Crippen molar-refractivity contribution in [1.29, 1.82) is 0 Å². The van der Waals surface area contributed by atoms with E-state index in [-0.39, 0.29) is 36.4 Å². The molecule has 116 valence electrons. The first-order chi connectivity index (χ1) is 10.4. The average Bonchev–Trinajstić information content (AvgIpc) is 2.46. The third-order valence-corrected chi connectivity index (χ3v) is 3.66. The second kappa shape index (κ2) is 6.60. The number of hydrogen-bond acceptors (Lipinski definition) is 4. The van der Waals surface area contributed by atoms with E-state index in [4.69, 9.17) is 4.74 Å². The highest BCUT2D eigenvalue weighted by atomic mass is 16.5. The number of carbonyl (C=O) groups is 2. The predicted octanol–water partition coefficient (Wildman–Crippen LogP) is 3.63. The van der Waals surface area contributed by atoms with Crippen molar-refractivity contribution in [3.8, 4) is 5.75 Å². The number of esters is 1. The normalized spacial score (nSPS) is 12.1. The summed E-state index contributed by atoms with van der Waals surface area (Å²) in [7, 11) is 0. The van der Waals surface area contributed by atoms with Gasteiger partial charge in [-0.05, 0) is 29.9 Å². The lowest BCUT2D eigenvalue weighted by Crippen LogP contribution is -2.14. The lowest BCUT2D eigenvalue weighted by atomic mass is 9.95. The van der Waals surface area contributed by atoms with Crippen LogP contribution < -0.4 is 0 Å². The molecule has 0 saturated carbocycles. The zero-order valence-electron chi connectivity index (χ0n) is 13.1. The summed E-state index contributed by atoms with van der Waals surface area (Å²) in [4.78, 5) is 23.1. The van der Waals surface area contributed by atoms with Gasteiger partial charge in [-0.15, -0.1) is 0 Å². The van der Waals surface area contributed by atoms with Crippen molar-refractivity contribution in [3.63, 3.8) is 0 Å². The summed E-state index contributed by atoms with van der Waals surface area (Å²) in [5.74, 6) is -0.584. The van der Waals surface area contributed by atoms with Gasteiger partial charge in [0.2, 0.25) is 0 Å². The molecule has 0 aliphatic heterocycles. The van der Waals surface area contributed by atoms with Crippen molar-refractivity contribution in [2.24, 2.45) is 5.92 Å². The highest BCUT2D eigenvalue weighted by Gasteiger charge is 2.17. The number of phenolic OH excluding ortho intramolecular Hbond substituents is 1. The number of ketones is 1. The fraction of sp³-hybridized carbons (Fsp3) is 0.333. The fourth-order valence-electron chi connectivity index (χ4n) is 2.47. The van der Waals surface area contributed by atoms with Crippen LogP contribution in [0, 0.1) is 12.8 Å². The summed E-state index contributed by atoms with van der Waals surface area (Å²) in [5.41, 5.74) is 1.36. The fourth-order valence-corrected chi connectivity index (χ4v) is 2.47. The van der Waals surface area contributed by atoms with Gasteiger partial charge in [0.15, 0.2) is 5.78 Å². The molecule has 0 spiro atoms. The molecule has 4 heteroatoms. The molecule has 0 unspecified atom stereocenters. The molecule has 0 aromatic heterocycles. The molecule has 0 bridgehead atoms. The standard InChI is InChI=1S/C18H20O4/c1-11(10-22-13(3)19)9-17(20)16-8-7-14-12(2)5-4-6-15(14)18(16)21/h4-8,11,21H,9-10H2,1-3H3/t11-/m0/s1. The topological polar surface area (TPSA) is 63.6 Å². The predicted molar refractivity (Wildman–Crippen MR) is 85.1 cm³/mol. The molecule has 0 amide bonds. The third kappa shape index (κ3) is 3.45. The molecule has 22 heavy (non-hydrogen) atoms. The first-order valence-corrected chi connectivity index (χ1v) is 7.28. The van der Waals surface area contributed by atoms with Gasteiger partial charge in [-0.2, -0.15) is 0 Å². The van der Waals surface area contributed by atoms with E-state index in [0.29, 0.717) is 10.9 Å². The van der Waals surface area contributed by atoms with Crippen LogP contribution in [0.2, 0.25) is 0 Å². The number of aryl methyl sites for hydroxylation is 1. The summed E-state index contributed by atoms with van der Waals surface area (Å²) >= 11 is 0. The van der Waals surface area contributed by atoms with Gasteiger partial charge >= 0.3 is 5.97 Å². The molecule has 1 atom stereocenters. The zero-order chi connectivity index (χ0) is 16.3. The first kappa shape index (κ1) is 16.0. The van der Waals surface area contributed by atoms with E-state index in [9.17, 15) is 14.7 Å². The number of phenols is 1. The minimum absolute atomic E-state index is 0.0193. The molecular formula is C18H20O4. The Hall–Kier alpha value is -2.36. The quantitative estimate of drug-likeness (QED) is 0.676. The highest BCUT2D eigenvalue weighted by molar-refractivity contribution is 6.05. The summed E-state index contributed by atoms with van der Waals surface area (Å²) in [6.07, 6.45) is 0.220. The minimum atomic E-state index is -0.358. The van der Waals surface area contributed by atoms with E-state index in [0.717, 1.165) is 10.9 Å². The van der Waals surface area contributed by atoms with Crippen LogP contribution in [-0.4, -0.2) is 23.5 Å². The lowest BCUT2D eigenvalue weighted by molar-refractivity contribution is -0.142. The number of aromatic hydroxyl groups is 1. The number of ether oxygens (including phenoxy) is 1. The Kier molecular flexibility index (Phi) is 4.81. The van der Waals surface area contributed by atoms with E-state index in [1.54, 1.807) is 12.1 Å². The largest absolute Gasteiger partial charge is 0.507 e. The molecule has 0 aliphatic carbocycles. The second-order valence-corrected chi connectivity index (χ2v) is 5.67. The minimum Gasteiger partial charge on any atom is -0.507 e. The monoisotopic (exact) mass is 300 g/mol. The summed E-state index contributed by atoms with van der Waals surface area (Å²) < 4.78 is 4.90. The van der Waals surface area contributed by atoms with Crippen LogP contribution in [0.3, 0.4) is 0 Å². The number of Topliss-reactive ketones (excluding diaryl/α,β-unsaturated/α-hetero) is 1. The van der Waals surface area contributed by atoms with Crippen LogP contribution in [0.5, 0.6) is 5.75 Å². The van der Waals surface area contributed by atoms with Crippen LogP contribution in [0.25, 0.3) is 10.8 Å². The molecule has 0 fully saturated rings. The molecule has 0 radical (unpaired) electrons. The molecular weight excluding hydrogens is 280 g/mol. The van der Waals surface area contributed by atoms with E-state index in [1.807, 2.05) is 32.0 Å². The van der Waals surface area contributed by atoms with E-state index >= 15 is 0 Å². The summed E-state index contributed by atoms with van der Waals surface area (Å²) in [6.45, 7) is 5.34. The molecule has 0 aliphatic rings. The smallest absolute Gasteiger partial charge is 0.302 e. The Bertz CT molecular complexity index is 718. The Morgan fingerprint density at radius 1 is 1.18 bits per heavy atom. The SMILES string of the molecule is CC(=O)OC[C@@H](C)CC(=O)c1ccc2c(C)cccc2c1O. The number of carbonyl (C=O) groups excluding carboxylic acids is 2. The molecule has 4 nitrogen and oxygen atoms in total. The van der Waals surface area contributed by atoms with Crippen molar-refractivity contribution in [2.45, 2.75) is 27.2 Å². The van der Waals surface area contributed by atoms with Crippen LogP contribution in [0.1, 0.15) is 36.2 Å². The van der Waals surface area contributed by atoms with Crippen molar-refractivity contribution >= 4 is 22.5 Å². The molecule has 2 rings (SSSR count).